The number of benzene rings is 1. The monoisotopic (exact) mass is 516 g/mol. The molecule has 200 valence electrons. The van der Waals surface area contributed by atoms with Gasteiger partial charge in [0.25, 0.3) is 0 Å². The molecule has 1 saturated carbocycles. The van der Waals surface area contributed by atoms with E-state index in [-0.39, 0.29) is 41.6 Å². The topological polar surface area (TPSA) is 110 Å². The number of amides is 2. The first-order chi connectivity index (χ1) is 18.0. The zero-order chi connectivity index (χ0) is 27.4. The van der Waals surface area contributed by atoms with Gasteiger partial charge in [0.1, 0.15) is 24.1 Å². The van der Waals surface area contributed by atoms with Gasteiger partial charge in [0, 0.05) is 42.4 Å². The van der Waals surface area contributed by atoms with E-state index in [9.17, 15) is 14.4 Å². The van der Waals surface area contributed by atoms with Crippen molar-refractivity contribution in [1.82, 2.24) is 30.0 Å². The zero-order valence-electron chi connectivity index (χ0n) is 23.0. The van der Waals surface area contributed by atoms with Crippen molar-refractivity contribution >= 4 is 28.5 Å². The minimum Gasteiger partial charge on any atom is -0.352 e. The van der Waals surface area contributed by atoms with Crippen molar-refractivity contribution < 1.29 is 14.4 Å². The van der Waals surface area contributed by atoms with Crippen LogP contribution in [0.5, 0.6) is 0 Å². The summed E-state index contributed by atoms with van der Waals surface area (Å²) in [6.07, 6.45) is 5.96. The van der Waals surface area contributed by atoms with E-state index in [0.717, 1.165) is 24.0 Å². The van der Waals surface area contributed by atoms with Gasteiger partial charge in [-0.05, 0) is 62.1 Å². The van der Waals surface area contributed by atoms with Gasteiger partial charge >= 0.3 is 0 Å². The second-order valence-electron chi connectivity index (χ2n) is 11.7. The number of rotatable bonds is 8. The van der Waals surface area contributed by atoms with Crippen LogP contribution in [0.1, 0.15) is 70.2 Å². The van der Waals surface area contributed by atoms with Crippen LogP contribution >= 0.6 is 0 Å². The fraction of sp³-hybridized carbons (Fsp3) is 0.517. The van der Waals surface area contributed by atoms with Crippen LogP contribution in [0.4, 0.5) is 0 Å². The number of hydrogen-bond acceptors (Lipinski definition) is 6. The molecule has 1 aliphatic heterocycles. The Morgan fingerprint density at radius 2 is 1.82 bits per heavy atom. The third kappa shape index (κ3) is 4.81. The quantitative estimate of drug-likeness (QED) is 0.454. The molecule has 2 amide bonds. The first-order valence-corrected chi connectivity index (χ1v) is 13.4. The van der Waals surface area contributed by atoms with Crippen molar-refractivity contribution in [2.24, 2.45) is 11.3 Å². The number of hydrogen-bond donors (Lipinski definition) is 1. The van der Waals surface area contributed by atoms with Gasteiger partial charge in [-0.3, -0.25) is 19.1 Å². The number of aromatic nitrogens is 4. The van der Waals surface area contributed by atoms with Crippen molar-refractivity contribution in [2.75, 3.05) is 0 Å². The lowest BCUT2D eigenvalue weighted by Crippen LogP contribution is -2.50. The van der Waals surface area contributed by atoms with Crippen LogP contribution in [-0.2, 0) is 16.1 Å². The molecule has 9 heteroatoms. The van der Waals surface area contributed by atoms with Crippen LogP contribution < -0.4 is 5.32 Å². The molecule has 1 aliphatic carbocycles. The number of fused-ring (bicyclic) bond motifs is 2. The minimum absolute atomic E-state index is 0.0132. The maximum atomic E-state index is 13.7. The number of nitrogens with zero attached hydrogens (tertiary/aromatic N) is 5. The molecule has 1 aromatic carbocycles. The molecule has 5 rings (SSSR count). The van der Waals surface area contributed by atoms with Gasteiger partial charge in [0.15, 0.2) is 5.78 Å². The standard InChI is InChI=1S/C29H36N6O3/c1-16(2)9-17(3)32-28(38)24-11-29(6)12-25(29)35(24)26(37)15-34-23-8-7-20(21-13-30-19(5)31-14-21)10-22(23)27(33-34)18(4)36/h7-8,10,13-14,16-17,24-25H,9,11-12,15H2,1-6H3,(H,32,38)/t17-,24-,25+,29-/m0/s1. The first-order valence-electron chi connectivity index (χ1n) is 13.4. The summed E-state index contributed by atoms with van der Waals surface area (Å²) in [4.78, 5) is 49.7. The van der Waals surface area contributed by atoms with E-state index in [0.29, 0.717) is 34.8 Å². The second kappa shape index (κ2) is 9.60. The summed E-state index contributed by atoms with van der Waals surface area (Å²) in [6, 6.07) is 5.32. The van der Waals surface area contributed by atoms with Gasteiger partial charge in [0.2, 0.25) is 11.8 Å². The fourth-order valence-electron chi connectivity index (χ4n) is 5.96. The van der Waals surface area contributed by atoms with Crippen LogP contribution in [0.3, 0.4) is 0 Å². The molecule has 2 aliphatic rings. The average Bonchev–Trinajstić information content (AvgIpc) is 3.21. The summed E-state index contributed by atoms with van der Waals surface area (Å²) in [5.74, 6) is 0.745. The second-order valence-corrected chi connectivity index (χ2v) is 11.7. The van der Waals surface area contributed by atoms with Gasteiger partial charge in [0.05, 0.1) is 5.52 Å². The molecular weight excluding hydrogens is 480 g/mol. The summed E-state index contributed by atoms with van der Waals surface area (Å²) < 4.78 is 1.60. The Kier molecular flexibility index (Phi) is 6.57. The van der Waals surface area contributed by atoms with Crippen molar-refractivity contribution in [3.05, 3.63) is 42.1 Å². The lowest BCUT2D eigenvalue weighted by molar-refractivity contribution is -0.140. The van der Waals surface area contributed by atoms with Crippen LogP contribution in [-0.4, -0.2) is 60.4 Å². The summed E-state index contributed by atoms with van der Waals surface area (Å²) in [6.45, 7) is 11.7. The van der Waals surface area contributed by atoms with E-state index >= 15 is 0 Å². The van der Waals surface area contributed by atoms with Gasteiger partial charge < -0.3 is 10.2 Å². The number of likely N-dealkylation sites (tertiary alicyclic amines) is 1. The van der Waals surface area contributed by atoms with Gasteiger partial charge in [-0.2, -0.15) is 5.10 Å². The molecule has 2 aromatic heterocycles. The molecule has 0 spiro atoms. The van der Waals surface area contributed by atoms with Crippen LogP contribution in [0, 0.1) is 18.3 Å². The normalized spacial score (nSPS) is 23.0. The van der Waals surface area contributed by atoms with Crippen LogP contribution in [0.15, 0.2) is 30.6 Å². The smallest absolute Gasteiger partial charge is 0.245 e. The SMILES string of the molecule is CC(=O)c1nn(CC(=O)N2[C@H](C(=O)N[C@@H](C)CC(C)C)C[C@@]3(C)C[C@@H]23)c2ccc(-c3cnc(C)nc3)cc12. The predicted octanol–water partition coefficient (Wildman–Crippen LogP) is 3.93. The molecule has 2 fully saturated rings. The molecule has 9 nitrogen and oxygen atoms in total. The molecule has 1 saturated heterocycles. The molecule has 4 atom stereocenters. The van der Waals surface area contributed by atoms with E-state index in [1.165, 1.54) is 6.92 Å². The fourth-order valence-corrected chi connectivity index (χ4v) is 5.96. The molecule has 38 heavy (non-hydrogen) atoms. The number of aryl methyl sites for hydroxylation is 1. The highest BCUT2D eigenvalue weighted by Crippen LogP contribution is 2.59. The lowest BCUT2D eigenvalue weighted by Gasteiger charge is -2.28. The molecule has 1 N–H and O–H groups in total. The van der Waals surface area contributed by atoms with Gasteiger partial charge in [-0.1, -0.05) is 26.8 Å². The average molecular weight is 517 g/mol. The highest BCUT2D eigenvalue weighted by molar-refractivity contribution is 6.06. The van der Waals surface area contributed by atoms with Crippen LogP contribution in [0.25, 0.3) is 22.0 Å². The van der Waals surface area contributed by atoms with Gasteiger partial charge in [-0.15, -0.1) is 0 Å². The van der Waals surface area contributed by atoms with Crippen molar-refractivity contribution in [2.45, 2.75) is 85.5 Å². The first kappa shape index (κ1) is 26.0. The van der Waals surface area contributed by atoms with E-state index in [2.05, 4.69) is 41.2 Å². The van der Waals surface area contributed by atoms with Crippen LogP contribution in [0.2, 0.25) is 0 Å². The molecule has 3 aromatic rings. The molecule has 0 unspecified atom stereocenters. The maximum Gasteiger partial charge on any atom is 0.245 e. The summed E-state index contributed by atoms with van der Waals surface area (Å²) in [5.41, 5.74) is 2.70. The van der Waals surface area contributed by atoms with Crippen molar-refractivity contribution in [3.63, 3.8) is 0 Å². The maximum absolute atomic E-state index is 13.7. The Morgan fingerprint density at radius 1 is 1.11 bits per heavy atom. The number of piperidine rings is 1. The molecule has 0 bridgehead atoms. The third-order valence-electron chi connectivity index (χ3n) is 7.92. The minimum atomic E-state index is -0.483. The Morgan fingerprint density at radius 3 is 2.47 bits per heavy atom. The number of carbonyl (C=O) groups excluding carboxylic acids is 3. The number of nitrogens with one attached hydrogen (secondary N) is 1. The Hall–Kier alpha value is -3.62. The molecule has 0 radical (unpaired) electrons. The number of carbonyl (C=O) groups is 3. The predicted molar refractivity (Wildman–Crippen MR) is 144 cm³/mol. The number of Topliss-reactive ketones (excluding diaryl/α,β-unsaturated/α-hetero) is 1. The summed E-state index contributed by atoms with van der Waals surface area (Å²) in [7, 11) is 0. The summed E-state index contributed by atoms with van der Waals surface area (Å²) >= 11 is 0. The Balaban J connectivity index is 1.41. The van der Waals surface area contributed by atoms with E-state index < -0.39 is 6.04 Å². The Labute approximate surface area is 223 Å². The highest BCUT2D eigenvalue weighted by atomic mass is 16.2. The third-order valence-corrected chi connectivity index (χ3v) is 7.92. The van der Waals surface area contributed by atoms with E-state index in [1.54, 1.807) is 22.0 Å². The zero-order valence-corrected chi connectivity index (χ0v) is 23.0. The Bertz CT molecular complexity index is 1410. The molecule has 3 heterocycles. The van der Waals surface area contributed by atoms with E-state index in [1.807, 2.05) is 32.0 Å². The van der Waals surface area contributed by atoms with Crippen molar-refractivity contribution in [3.8, 4) is 11.1 Å². The molecular formula is C29H36N6O3. The largest absolute Gasteiger partial charge is 0.352 e. The lowest BCUT2D eigenvalue weighted by atomic mass is 10.0. The van der Waals surface area contributed by atoms with Crippen molar-refractivity contribution in [1.29, 1.82) is 0 Å². The highest BCUT2D eigenvalue weighted by Gasteiger charge is 2.64. The van der Waals surface area contributed by atoms with E-state index in [4.69, 9.17) is 0 Å². The number of ketones is 1. The summed E-state index contributed by atoms with van der Waals surface area (Å²) in [5, 5.41) is 8.35. The van der Waals surface area contributed by atoms with Gasteiger partial charge in [-0.25, -0.2) is 9.97 Å².